The Kier molecular flexibility index (Phi) is 6.20. The van der Waals surface area contributed by atoms with E-state index in [2.05, 4.69) is 5.32 Å². The average Bonchev–Trinajstić information content (AvgIpc) is 2.58. The summed E-state index contributed by atoms with van der Waals surface area (Å²) < 4.78 is 52.1. The molecule has 27 heavy (non-hydrogen) atoms. The molecule has 0 aromatic heterocycles. The number of hydrogen-bond acceptors (Lipinski definition) is 3. The first-order valence-electron chi connectivity index (χ1n) is 8.40. The molecule has 0 heterocycles. The van der Waals surface area contributed by atoms with Crippen molar-refractivity contribution in [3.8, 4) is 0 Å². The maximum Gasteiger partial charge on any atom is 0.248 e. The molecular weight excluding hydrogens is 374 g/mol. The van der Waals surface area contributed by atoms with Gasteiger partial charge >= 0.3 is 0 Å². The molecule has 0 fully saturated rings. The normalized spacial score (nSPS) is 12.5. The smallest absolute Gasteiger partial charge is 0.248 e. The first-order chi connectivity index (χ1) is 12.6. The van der Waals surface area contributed by atoms with Gasteiger partial charge in [-0.25, -0.2) is 17.2 Å². The molecule has 2 aromatic rings. The minimum absolute atomic E-state index is 0.125. The third-order valence-electron chi connectivity index (χ3n) is 4.23. The second-order valence-corrected chi connectivity index (χ2v) is 8.14. The maximum absolute atomic E-state index is 13.6. The summed E-state index contributed by atoms with van der Waals surface area (Å²) in [5.74, 6) is -2.87. The molecule has 5 nitrogen and oxygen atoms in total. The Labute approximate surface area is 158 Å². The van der Waals surface area contributed by atoms with Crippen LogP contribution in [0.1, 0.15) is 25.0 Å². The van der Waals surface area contributed by atoms with E-state index in [1.165, 1.54) is 6.92 Å². The van der Waals surface area contributed by atoms with Crippen LogP contribution in [0.25, 0.3) is 0 Å². The first-order valence-corrected chi connectivity index (χ1v) is 10.2. The fourth-order valence-corrected chi connectivity index (χ4v) is 4.03. The molecule has 8 heteroatoms. The van der Waals surface area contributed by atoms with E-state index in [4.69, 9.17) is 0 Å². The monoisotopic (exact) mass is 396 g/mol. The van der Waals surface area contributed by atoms with Gasteiger partial charge in [-0.15, -0.1) is 0 Å². The van der Waals surface area contributed by atoms with Gasteiger partial charge in [0, 0.05) is 11.8 Å². The number of benzene rings is 2. The fraction of sp³-hybridized carbons (Fsp3) is 0.316. The molecule has 0 bridgehead atoms. The van der Waals surface area contributed by atoms with E-state index in [0.29, 0.717) is 12.1 Å². The predicted octanol–water partition coefficient (Wildman–Crippen LogP) is 3.63. The zero-order valence-electron chi connectivity index (χ0n) is 15.6. The largest absolute Gasteiger partial charge is 0.324 e. The number of para-hydroxylation sites is 1. The SMILES string of the molecule is CCc1cccc(C)c1NC(=O)[C@@H](C)N(c1ccc(F)c(F)c1)S(C)(=O)=O. The van der Waals surface area contributed by atoms with Crippen molar-refractivity contribution in [1.29, 1.82) is 0 Å². The number of carbonyl (C=O) groups excluding carboxylic acids is 1. The summed E-state index contributed by atoms with van der Waals surface area (Å²) in [7, 11) is -3.93. The van der Waals surface area contributed by atoms with E-state index in [-0.39, 0.29) is 5.69 Å². The van der Waals surface area contributed by atoms with Gasteiger partial charge in [0.05, 0.1) is 11.9 Å². The summed E-state index contributed by atoms with van der Waals surface area (Å²) in [6.45, 7) is 5.17. The summed E-state index contributed by atoms with van der Waals surface area (Å²) in [6, 6.07) is 7.11. The van der Waals surface area contributed by atoms with Gasteiger partial charge in [-0.05, 0) is 43.5 Å². The number of carbonyl (C=O) groups is 1. The standard InChI is InChI=1S/C19H22F2N2O3S/c1-5-14-8-6-7-12(2)18(14)22-19(24)13(3)23(27(4,25)26)15-9-10-16(20)17(21)11-15/h6-11,13H,5H2,1-4H3,(H,22,24)/t13-/m1/s1. The van der Waals surface area contributed by atoms with Crippen LogP contribution in [0, 0.1) is 18.6 Å². The van der Waals surface area contributed by atoms with Crippen molar-refractivity contribution in [1.82, 2.24) is 0 Å². The highest BCUT2D eigenvalue weighted by atomic mass is 32.2. The Morgan fingerprint density at radius 3 is 2.41 bits per heavy atom. The van der Waals surface area contributed by atoms with Gasteiger partial charge in [0.2, 0.25) is 15.9 Å². The van der Waals surface area contributed by atoms with Crippen LogP contribution in [-0.2, 0) is 21.2 Å². The van der Waals surface area contributed by atoms with Crippen LogP contribution in [-0.4, -0.2) is 26.6 Å². The molecule has 146 valence electrons. The lowest BCUT2D eigenvalue weighted by atomic mass is 10.1. The zero-order valence-corrected chi connectivity index (χ0v) is 16.4. The van der Waals surface area contributed by atoms with Gasteiger partial charge in [0.1, 0.15) is 6.04 Å². The van der Waals surface area contributed by atoms with Crippen LogP contribution in [0.4, 0.5) is 20.2 Å². The van der Waals surface area contributed by atoms with Crippen molar-refractivity contribution in [3.63, 3.8) is 0 Å². The molecule has 0 saturated heterocycles. The van der Waals surface area contributed by atoms with E-state index < -0.39 is 33.6 Å². The molecule has 0 radical (unpaired) electrons. The summed E-state index contributed by atoms with van der Waals surface area (Å²) in [5.41, 5.74) is 2.25. The zero-order chi connectivity index (χ0) is 20.4. The second kappa shape index (κ2) is 8.04. The lowest BCUT2D eigenvalue weighted by molar-refractivity contribution is -0.116. The molecule has 0 unspecified atom stereocenters. The van der Waals surface area contributed by atoms with E-state index in [1.54, 1.807) is 0 Å². The molecule has 1 amide bonds. The van der Waals surface area contributed by atoms with Crippen molar-refractivity contribution < 1.29 is 22.0 Å². The van der Waals surface area contributed by atoms with Gasteiger partial charge in [-0.3, -0.25) is 9.10 Å². The van der Waals surface area contributed by atoms with Gasteiger partial charge < -0.3 is 5.32 Å². The lowest BCUT2D eigenvalue weighted by Gasteiger charge is -2.28. The molecule has 1 atom stereocenters. The molecule has 0 aliphatic heterocycles. The minimum Gasteiger partial charge on any atom is -0.324 e. The van der Waals surface area contributed by atoms with Crippen LogP contribution in [0.5, 0.6) is 0 Å². The molecule has 0 aliphatic carbocycles. The highest BCUT2D eigenvalue weighted by Gasteiger charge is 2.30. The number of anilines is 2. The lowest BCUT2D eigenvalue weighted by Crippen LogP contribution is -2.45. The predicted molar refractivity (Wildman–Crippen MR) is 102 cm³/mol. The van der Waals surface area contributed by atoms with Crippen molar-refractivity contribution in [3.05, 3.63) is 59.2 Å². The number of nitrogens with zero attached hydrogens (tertiary/aromatic N) is 1. The Bertz CT molecular complexity index is 961. The summed E-state index contributed by atoms with van der Waals surface area (Å²) in [6.07, 6.45) is 1.59. The average molecular weight is 396 g/mol. The molecule has 0 saturated carbocycles. The van der Waals surface area contributed by atoms with Crippen molar-refractivity contribution >= 4 is 27.3 Å². The number of sulfonamides is 1. The number of rotatable bonds is 6. The summed E-state index contributed by atoms with van der Waals surface area (Å²) in [5, 5.41) is 2.76. The van der Waals surface area contributed by atoms with E-state index in [1.807, 2.05) is 32.0 Å². The third kappa shape index (κ3) is 4.63. The first kappa shape index (κ1) is 20.8. The maximum atomic E-state index is 13.6. The summed E-state index contributed by atoms with van der Waals surface area (Å²) >= 11 is 0. The van der Waals surface area contributed by atoms with Gasteiger partial charge in [-0.2, -0.15) is 0 Å². The van der Waals surface area contributed by atoms with Crippen LogP contribution >= 0.6 is 0 Å². The number of nitrogens with one attached hydrogen (secondary N) is 1. The highest BCUT2D eigenvalue weighted by molar-refractivity contribution is 7.92. The molecule has 0 spiro atoms. The van der Waals surface area contributed by atoms with Crippen LogP contribution in [0.15, 0.2) is 36.4 Å². The van der Waals surface area contributed by atoms with Crippen LogP contribution < -0.4 is 9.62 Å². The number of halogens is 2. The van der Waals surface area contributed by atoms with E-state index >= 15 is 0 Å². The number of aryl methyl sites for hydroxylation is 2. The van der Waals surface area contributed by atoms with Gasteiger partial charge in [0.25, 0.3) is 0 Å². The Morgan fingerprint density at radius 2 is 1.85 bits per heavy atom. The molecule has 1 N–H and O–H groups in total. The van der Waals surface area contributed by atoms with E-state index in [0.717, 1.165) is 39.9 Å². The Hall–Kier alpha value is -2.48. The van der Waals surface area contributed by atoms with Crippen molar-refractivity contribution in [2.45, 2.75) is 33.2 Å². The van der Waals surface area contributed by atoms with Crippen LogP contribution in [0.2, 0.25) is 0 Å². The summed E-state index contributed by atoms with van der Waals surface area (Å²) in [4.78, 5) is 12.8. The third-order valence-corrected chi connectivity index (χ3v) is 5.48. The van der Waals surface area contributed by atoms with Gasteiger partial charge in [0.15, 0.2) is 11.6 Å². The fourth-order valence-electron chi connectivity index (χ4n) is 2.86. The van der Waals surface area contributed by atoms with Gasteiger partial charge in [-0.1, -0.05) is 25.1 Å². The van der Waals surface area contributed by atoms with Crippen molar-refractivity contribution in [2.24, 2.45) is 0 Å². The molecular formula is C19H22F2N2O3S. The topological polar surface area (TPSA) is 66.5 Å². The second-order valence-electron chi connectivity index (χ2n) is 6.29. The highest BCUT2D eigenvalue weighted by Crippen LogP contribution is 2.25. The Morgan fingerprint density at radius 1 is 1.19 bits per heavy atom. The molecule has 2 aromatic carbocycles. The molecule has 0 aliphatic rings. The van der Waals surface area contributed by atoms with Crippen LogP contribution in [0.3, 0.4) is 0 Å². The minimum atomic E-state index is -3.93. The van der Waals surface area contributed by atoms with Crippen molar-refractivity contribution in [2.75, 3.05) is 15.9 Å². The quantitative estimate of drug-likeness (QED) is 0.811. The Balaban J connectivity index is 2.40. The van der Waals surface area contributed by atoms with E-state index in [9.17, 15) is 22.0 Å². The molecule has 2 rings (SSSR count). The number of amides is 1. The number of hydrogen-bond donors (Lipinski definition) is 1.